The van der Waals surface area contributed by atoms with Gasteiger partial charge in [-0.1, -0.05) is 12.1 Å². The van der Waals surface area contributed by atoms with Crippen molar-refractivity contribution in [3.63, 3.8) is 0 Å². The molecule has 0 saturated carbocycles. The molecule has 0 radical (unpaired) electrons. The summed E-state index contributed by atoms with van der Waals surface area (Å²) >= 11 is 0. The molecule has 3 amide bonds. The number of hydrogen-bond acceptors (Lipinski definition) is 4. The molecule has 1 aromatic rings. The van der Waals surface area contributed by atoms with E-state index < -0.39 is 9.84 Å². The van der Waals surface area contributed by atoms with E-state index in [4.69, 9.17) is 0 Å². The quantitative estimate of drug-likeness (QED) is 0.841. The summed E-state index contributed by atoms with van der Waals surface area (Å²) in [6, 6.07) is 7.11. The van der Waals surface area contributed by atoms with Gasteiger partial charge in [-0.2, -0.15) is 0 Å². The van der Waals surface area contributed by atoms with Gasteiger partial charge in [0.25, 0.3) is 0 Å². The van der Waals surface area contributed by atoms with Gasteiger partial charge in [-0.3, -0.25) is 4.79 Å². The van der Waals surface area contributed by atoms with E-state index in [2.05, 4.69) is 5.32 Å². The van der Waals surface area contributed by atoms with Crippen LogP contribution < -0.4 is 10.2 Å². The molecule has 2 heterocycles. The second kappa shape index (κ2) is 7.65. The number of anilines is 1. The zero-order valence-electron chi connectivity index (χ0n) is 15.0. The number of benzene rings is 1. The van der Waals surface area contributed by atoms with E-state index in [0.717, 1.165) is 24.2 Å². The predicted molar refractivity (Wildman–Crippen MR) is 99.7 cm³/mol. The molecule has 1 atom stereocenters. The molecule has 3 rings (SSSR count). The summed E-state index contributed by atoms with van der Waals surface area (Å²) in [5.41, 5.74) is 1.82. The largest absolute Gasteiger partial charge is 0.334 e. The Morgan fingerprint density at radius 3 is 2.58 bits per heavy atom. The highest BCUT2D eigenvalue weighted by atomic mass is 32.2. The van der Waals surface area contributed by atoms with Crippen molar-refractivity contribution in [2.75, 3.05) is 29.5 Å². The van der Waals surface area contributed by atoms with Gasteiger partial charge < -0.3 is 15.1 Å². The fourth-order valence-electron chi connectivity index (χ4n) is 3.58. The molecule has 1 unspecified atom stereocenters. The molecule has 0 bridgehead atoms. The fraction of sp³-hybridized carbons (Fsp3) is 0.556. The monoisotopic (exact) mass is 379 g/mol. The minimum Gasteiger partial charge on any atom is -0.334 e. The number of sulfone groups is 1. The summed E-state index contributed by atoms with van der Waals surface area (Å²) in [5, 5.41) is 2.86. The Balaban J connectivity index is 1.56. The van der Waals surface area contributed by atoms with Crippen LogP contribution in [-0.4, -0.2) is 55.9 Å². The molecule has 26 heavy (non-hydrogen) atoms. The van der Waals surface area contributed by atoms with Gasteiger partial charge in [0.2, 0.25) is 5.91 Å². The first-order valence-corrected chi connectivity index (χ1v) is 10.9. The van der Waals surface area contributed by atoms with E-state index in [1.54, 1.807) is 9.80 Å². The van der Waals surface area contributed by atoms with E-state index in [1.807, 2.05) is 31.2 Å². The molecule has 2 saturated heterocycles. The van der Waals surface area contributed by atoms with Crippen molar-refractivity contribution in [1.29, 1.82) is 0 Å². The highest BCUT2D eigenvalue weighted by molar-refractivity contribution is 7.91. The number of amides is 3. The van der Waals surface area contributed by atoms with Gasteiger partial charge in [0.05, 0.1) is 11.5 Å². The van der Waals surface area contributed by atoms with Crippen molar-refractivity contribution >= 4 is 27.5 Å². The number of rotatable bonds is 5. The molecule has 2 aliphatic heterocycles. The topological polar surface area (TPSA) is 86.8 Å². The summed E-state index contributed by atoms with van der Waals surface area (Å²) in [6.45, 7) is 3.45. The number of carbonyl (C=O) groups is 2. The molecule has 1 N–H and O–H groups in total. The Hall–Kier alpha value is -2.09. The third-order valence-corrected chi connectivity index (χ3v) is 6.77. The molecule has 7 nitrogen and oxygen atoms in total. The lowest BCUT2D eigenvalue weighted by molar-refractivity contribution is -0.117. The van der Waals surface area contributed by atoms with Crippen molar-refractivity contribution in [2.45, 2.75) is 38.8 Å². The molecule has 0 aromatic heterocycles. The molecular weight excluding hydrogens is 354 g/mol. The zero-order valence-corrected chi connectivity index (χ0v) is 15.8. The average Bonchev–Trinajstić information content (AvgIpc) is 3.19. The molecule has 142 valence electrons. The SMILES string of the molecule is CCN(C(=O)NCc1ccc(N2CCCC2=O)cc1)C1CCS(=O)(=O)C1. The van der Waals surface area contributed by atoms with Crippen molar-refractivity contribution in [2.24, 2.45) is 0 Å². The van der Waals surface area contributed by atoms with Crippen LogP contribution in [0.5, 0.6) is 0 Å². The summed E-state index contributed by atoms with van der Waals surface area (Å²) in [4.78, 5) is 27.6. The second-order valence-electron chi connectivity index (χ2n) is 6.82. The van der Waals surface area contributed by atoms with Gasteiger partial charge in [0.1, 0.15) is 0 Å². The van der Waals surface area contributed by atoms with Crippen molar-refractivity contribution in [1.82, 2.24) is 10.2 Å². The van der Waals surface area contributed by atoms with Crippen LogP contribution in [0.4, 0.5) is 10.5 Å². The predicted octanol–water partition coefficient (Wildman–Crippen LogP) is 1.53. The van der Waals surface area contributed by atoms with Gasteiger partial charge in [-0.25, -0.2) is 13.2 Å². The van der Waals surface area contributed by atoms with E-state index in [0.29, 0.717) is 25.9 Å². The highest BCUT2D eigenvalue weighted by Gasteiger charge is 2.33. The summed E-state index contributed by atoms with van der Waals surface area (Å²) in [7, 11) is -3.02. The van der Waals surface area contributed by atoms with Crippen LogP contribution in [0.2, 0.25) is 0 Å². The van der Waals surface area contributed by atoms with E-state index in [-0.39, 0.29) is 29.5 Å². The second-order valence-corrected chi connectivity index (χ2v) is 9.05. The van der Waals surface area contributed by atoms with Crippen LogP contribution in [0.1, 0.15) is 31.7 Å². The lowest BCUT2D eigenvalue weighted by Crippen LogP contribution is -2.46. The smallest absolute Gasteiger partial charge is 0.317 e. The maximum absolute atomic E-state index is 12.4. The number of nitrogens with one attached hydrogen (secondary N) is 1. The molecule has 1 aromatic carbocycles. The number of nitrogens with zero attached hydrogens (tertiary/aromatic N) is 2. The van der Waals surface area contributed by atoms with E-state index in [9.17, 15) is 18.0 Å². The van der Waals surface area contributed by atoms with E-state index in [1.165, 1.54) is 0 Å². The first-order valence-electron chi connectivity index (χ1n) is 9.04. The normalized spacial score (nSPS) is 21.8. The molecular formula is C18H25N3O4S. The van der Waals surface area contributed by atoms with Crippen LogP contribution in [0.25, 0.3) is 0 Å². The van der Waals surface area contributed by atoms with Crippen molar-refractivity contribution < 1.29 is 18.0 Å². The molecule has 8 heteroatoms. The first-order chi connectivity index (χ1) is 12.4. The molecule has 2 aliphatic rings. The van der Waals surface area contributed by atoms with Crippen LogP contribution in [0.3, 0.4) is 0 Å². The van der Waals surface area contributed by atoms with Gasteiger partial charge in [-0.15, -0.1) is 0 Å². The highest BCUT2D eigenvalue weighted by Crippen LogP contribution is 2.22. The van der Waals surface area contributed by atoms with Gasteiger partial charge in [0, 0.05) is 37.8 Å². The van der Waals surface area contributed by atoms with E-state index >= 15 is 0 Å². The third-order valence-electron chi connectivity index (χ3n) is 5.02. The Morgan fingerprint density at radius 2 is 2.04 bits per heavy atom. The lowest BCUT2D eigenvalue weighted by atomic mass is 10.2. The fourth-order valence-corrected chi connectivity index (χ4v) is 5.31. The van der Waals surface area contributed by atoms with Gasteiger partial charge in [0.15, 0.2) is 9.84 Å². The minimum absolute atomic E-state index is 0.0484. The molecule has 0 spiro atoms. The van der Waals surface area contributed by atoms with Crippen LogP contribution in [0.15, 0.2) is 24.3 Å². The zero-order chi connectivity index (χ0) is 18.7. The lowest BCUT2D eigenvalue weighted by Gasteiger charge is -2.27. The van der Waals surface area contributed by atoms with Crippen LogP contribution >= 0.6 is 0 Å². The Morgan fingerprint density at radius 1 is 1.31 bits per heavy atom. The number of carbonyl (C=O) groups excluding carboxylic acids is 2. The number of urea groups is 1. The molecule has 0 aliphatic carbocycles. The summed E-state index contributed by atoms with van der Waals surface area (Å²) in [6.07, 6.45) is 1.99. The Kier molecular flexibility index (Phi) is 5.50. The van der Waals surface area contributed by atoms with Gasteiger partial charge >= 0.3 is 6.03 Å². The third kappa shape index (κ3) is 4.17. The maximum atomic E-state index is 12.4. The Bertz CT molecular complexity index is 776. The average molecular weight is 379 g/mol. The first kappa shape index (κ1) is 18.7. The maximum Gasteiger partial charge on any atom is 0.317 e. The minimum atomic E-state index is -3.02. The van der Waals surface area contributed by atoms with Crippen LogP contribution in [0, 0.1) is 0 Å². The Labute approximate surface area is 154 Å². The van der Waals surface area contributed by atoms with Crippen molar-refractivity contribution in [3.8, 4) is 0 Å². The number of hydrogen-bond donors (Lipinski definition) is 1. The summed E-state index contributed by atoms with van der Waals surface area (Å²) < 4.78 is 23.3. The van der Waals surface area contributed by atoms with Crippen LogP contribution in [-0.2, 0) is 21.2 Å². The summed E-state index contributed by atoms with van der Waals surface area (Å²) in [5.74, 6) is 0.349. The molecule has 2 fully saturated rings. The van der Waals surface area contributed by atoms with Crippen molar-refractivity contribution in [3.05, 3.63) is 29.8 Å². The standard InChI is InChI=1S/C18H25N3O4S/c1-2-20(16-9-11-26(24,25)13-16)18(23)19-12-14-5-7-15(8-6-14)21-10-3-4-17(21)22/h5-8,16H,2-4,9-13H2,1H3,(H,19,23). The van der Waals surface area contributed by atoms with Gasteiger partial charge in [-0.05, 0) is 37.5 Å².